The van der Waals surface area contributed by atoms with Crippen LogP contribution in [0.25, 0.3) is 0 Å². The van der Waals surface area contributed by atoms with Gasteiger partial charge >= 0.3 is 0 Å². The van der Waals surface area contributed by atoms with Crippen LogP contribution in [0.5, 0.6) is 0 Å². The van der Waals surface area contributed by atoms with E-state index in [0.717, 1.165) is 11.8 Å². The summed E-state index contributed by atoms with van der Waals surface area (Å²) in [6.45, 7) is 1.15. The fourth-order valence-electron chi connectivity index (χ4n) is 1.16. The number of fused-ring (bicyclic) bond motifs is 1. The van der Waals surface area contributed by atoms with E-state index < -0.39 is 0 Å². The van der Waals surface area contributed by atoms with Crippen LogP contribution in [0.2, 0.25) is 0 Å². The Kier molecular flexibility index (Phi) is 1.21. The van der Waals surface area contributed by atoms with Gasteiger partial charge in [0.25, 0.3) is 5.24 Å². The highest BCUT2D eigenvalue weighted by atomic mass is 32.2. The Morgan fingerprint density at radius 2 is 2.40 bits per heavy atom. The van der Waals surface area contributed by atoms with Gasteiger partial charge in [0.2, 0.25) is 5.12 Å². The van der Waals surface area contributed by atoms with E-state index in [4.69, 9.17) is 0 Å². The topological polar surface area (TPSA) is 49.4 Å². The highest BCUT2D eigenvalue weighted by molar-refractivity contribution is 8.26. The monoisotopic (exact) mass is 158 g/mol. The van der Waals surface area contributed by atoms with Crippen molar-refractivity contribution in [2.75, 3.05) is 13.2 Å². The summed E-state index contributed by atoms with van der Waals surface area (Å²) in [5, 5.41) is 2.83. The molecule has 0 aromatic carbocycles. The fraction of sp³-hybridized carbons (Fsp3) is 0.600. The van der Waals surface area contributed by atoms with E-state index in [9.17, 15) is 9.59 Å². The standard InChI is InChI=1S/C5H6N2O2S/c8-4-3-1-6-2-7(3)5(9)10-4/h3,6H,1-2H2. The lowest BCUT2D eigenvalue weighted by atomic mass is 10.3. The Labute approximate surface area is 61.9 Å². The van der Waals surface area contributed by atoms with Crippen molar-refractivity contribution in [1.29, 1.82) is 0 Å². The largest absolute Gasteiger partial charge is 0.308 e. The molecule has 0 aliphatic carbocycles. The van der Waals surface area contributed by atoms with E-state index in [1.165, 1.54) is 0 Å². The number of nitrogens with zero attached hydrogens (tertiary/aromatic N) is 1. The molecule has 2 heterocycles. The van der Waals surface area contributed by atoms with Crippen molar-refractivity contribution in [1.82, 2.24) is 10.2 Å². The molecule has 0 radical (unpaired) electrons. The lowest BCUT2D eigenvalue weighted by Crippen LogP contribution is -2.29. The van der Waals surface area contributed by atoms with Crippen LogP contribution in [0, 0.1) is 0 Å². The number of nitrogens with one attached hydrogen (secondary N) is 1. The molecule has 1 atom stereocenters. The predicted octanol–water partition coefficient (Wildman–Crippen LogP) is -0.389. The van der Waals surface area contributed by atoms with Crippen LogP contribution >= 0.6 is 11.8 Å². The van der Waals surface area contributed by atoms with E-state index in [-0.39, 0.29) is 16.4 Å². The zero-order valence-electron chi connectivity index (χ0n) is 5.16. The summed E-state index contributed by atoms with van der Waals surface area (Å²) in [5.74, 6) is 0. The van der Waals surface area contributed by atoms with Gasteiger partial charge in [-0.15, -0.1) is 0 Å². The first-order chi connectivity index (χ1) is 4.79. The molecule has 54 valence electrons. The lowest BCUT2D eigenvalue weighted by Gasteiger charge is -2.08. The molecule has 0 spiro atoms. The minimum Gasteiger partial charge on any atom is -0.308 e. The van der Waals surface area contributed by atoms with E-state index in [0.29, 0.717) is 13.2 Å². The van der Waals surface area contributed by atoms with Gasteiger partial charge in [0.05, 0.1) is 6.67 Å². The van der Waals surface area contributed by atoms with Crippen LogP contribution in [-0.2, 0) is 4.79 Å². The van der Waals surface area contributed by atoms with Crippen molar-refractivity contribution in [3.63, 3.8) is 0 Å². The number of rotatable bonds is 0. The summed E-state index contributed by atoms with van der Waals surface area (Å²) in [4.78, 5) is 23.4. The van der Waals surface area contributed by atoms with Crippen molar-refractivity contribution >= 4 is 22.1 Å². The summed E-state index contributed by atoms with van der Waals surface area (Å²) in [5.41, 5.74) is 0. The average molecular weight is 158 g/mol. The Balaban J connectivity index is 2.27. The Hall–Kier alpha value is -0.550. The van der Waals surface area contributed by atoms with Crippen molar-refractivity contribution in [3.8, 4) is 0 Å². The molecule has 0 saturated carbocycles. The molecular formula is C5H6N2O2S. The van der Waals surface area contributed by atoms with Crippen molar-refractivity contribution in [2.24, 2.45) is 0 Å². The number of hydrogen-bond acceptors (Lipinski definition) is 4. The molecule has 2 fully saturated rings. The molecule has 2 rings (SSSR count). The van der Waals surface area contributed by atoms with Crippen molar-refractivity contribution in [2.45, 2.75) is 6.04 Å². The lowest BCUT2D eigenvalue weighted by molar-refractivity contribution is -0.113. The van der Waals surface area contributed by atoms with Crippen molar-refractivity contribution in [3.05, 3.63) is 0 Å². The SMILES string of the molecule is O=C1SC(=O)N2CNCC12. The third-order valence-corrected chi connectivity index (χ3v) is 2.57. The quantitative estimate of drug-likeness (QED) is 0.521. The molecule has 0 bridgehead atoms. The molecule has 2 aliphatic rings. The van der Waals surface area contributed by atoms with Crippen LogP contribution in [0.15, 0.2) is 0 Å². The second kappa shape index (κ2) is 1.96. The highest BCUT2D eigenvalue weighted by Gasteiger charge is 2.42. The van der Waals surface area contributed by atoms with Gasteiger partial charge in [0, 0.05) is 18.3 Å². The van der Waals surface area contributed by atoms with Crippen LogP contribution < -0.4 is 5.32 Å². The normalized spacial score (nSPS) is 31.6. The third-order valence-electron chi connectivity index (χ3n) is 1.69. The Morgan fingerprint density at radius 1 is 1.60 bits per heavy atom. The summed E-state index contributed by atoms with van der Waals surface area (Å²) in [6, 6.07) is -0.183. The van der Waals surface area contributed by atoms with Gasteiger partial charge in [0.15, 0.2) is 0 Å². The van der Waals surface area contributed by atoms with Crippen LogP contribution in [0.1, 0.15) is 0 Å². The number of carbonyl (C=O) groups is 2. The first-order valence-corrected chi connectivity index (χ1v) is 3.84. The predicted molar refractivity (Wildman–Crippen MR) is 36.5 cm³/mol. The van der Waals surface area contributed by atoms with Crippen LogP contribution in [0.3, 0.4) is 0 Å². The van der Waals surface area contributed by atoms with E-state index >= 15 is 0 Å². The van der Waals surface area contributed by atoms with Crippen molar-refractivity contribution < 1.29 is 9.59 Å². The van der Waals surface area contributed by atoms with Crippen LogP contribution in [0.4, 0.5) is 4.79 Å². The number of hydrogen-bond donors (Lipinski definition) is 1. The van der Waals surface area contributed by atoms with Gasteiger partial charge in [-0.25, -0.2) is 0 Å². The average Bonchev–Trinajstić information content (AvgIpc) is 2.39. The molecule has 10 heavy (non-hydrogen) atoms. The summed E-state index contributed by atoms with van der Waals surface area (Å²) >= 11 is 0.821. The first-order valence-electron chi connectivity index (χ1n) is 3.02. The zero-order chi connectivity index (χ0) is 7.14. The molecule has 1 amide bonds. The summed E-state index contributed by atoms with van der Waals surface area (Å²) < 4.78 is 0. The second-order valence-electron chi connectivity index (χ2n) is 2.28. The molecule has 0 aromatic rings. The number of amides is 1. The highest BCUT2D eigenvalue weighted by Crippen LogP contribution is 2.26. The van der Waals surface area contributed by atoms with E-state index in [2.05, 4.69) is 5.32 Å². The maximum atomic E-state index is 10.9. The molecule has 4 nitrogen and oxygen atoms in total. The summed E-state index contributed by atoms with van der Waals surface area (Å²) in [7, 11) is 0. The second-order valence-corrected chi connectivity index (χ2v) is 3.24. The molecule has 0 aromatic heterocycles. The van der Waals surface area contributed by atoms with Gasteiger partial charge in [-0.2, -0.15) is 0 Å². The van der Waals surface area contributed by atoms with E-state index in [1.807, 2.05) is 0 Å². The Morgan fingerprint density at radius 3 is 3.10 bits per heavy atom. The Bertz CT molecular complexity index is 186. The molecule has 1 unspecified atom stereocenters. The molecule has 2 aliphatic heterocycles. The molecule has 5 heteroatoms. The molecular weight excluding hydrogens is 152 g/mol. The van der Waals surface area contributed by atoms with Gasteiger partial charge in [-0.1, -0.05) is 0 Å². The minimum atomic E-state index is -0.183. The van der Waals surface area contributed by atoms with Gasteiger partial charge < -0.3 is 4.90 Å². The molecule has 2 saturated heterocycles. The van der Waals surface area contributed by atoms with Gasteiger partial charge in [-0.3, -0.25) is 14.9 Å². The maximum absolute atomic E-state index is 10.9. The number of carbonyl (C=O) groups excluding carboxylic acids is 2. The maximum Gasteiger partial charge on any atom is 0.291 e. The van der Waals surface area contributed by atoms with E-state index in [1.54, 1.807) is 4.90 Å². The molecule has 1 N–H and O–H groups in total. The summed E-state index contributed by atoms with van der Waals surface area (Å²) in [6.07, 6.45) is 0. The van der Waals surface area contributed by atoms with Gasteiger partial charge in [0.1, 0.15) is 6.04 Å². The van der Waals surface area contributed by atoms with Gasteiger partial charge in [-0.05, 0) is 0 Å². The zero-order valence-corrected chi connectivity index (χ0v) is 5.98. The number of thioether (sulfide) groups is 1. The minimum absolute atomic E-state index is 0.0185. The van der Waals surface area contributed by atoms with Crippen LogP contribution in [-0.4, -0.2) is 34.5 Å². The smallest absolute Gasteiger partial charge is 0.291 e. The first kappa shape index (κ1) is 6.18. The third kappa shape index (κ3) is 0.674. The fourth-order valence-corrected chi connectivity index (χ4v) is 1.98.